The molecule has 0 radical (unpaired) electrons. The lowest BCUT2D eigenvalue weighted by Crippen LogP contribution is -2.50. The number of ketones is 1. The van der Waals surface area contributed by atoms with Gasteiger partial charge in [0.1, 0.15) is 5.78 Å². The van der Waals surface area contributed by atoms with Crippen molar-refractivity contribution in [1.82, 2.24) is 0 Å². The lowest BCUT2D eigenvalue weighted by atomic mass is 9.47. The van der Waals surface area contributed by atoms with Gasteiger partial charge in [0.25, 0.3) is 0 Å². The van der Waals surface area contributed by atoms with Crippen molar-refractivity contribution in [3.05, 3.63) is 11.6 Å². The van der Waals surface area contributed by atoms with Crippen LogP contribution in [-0.4, -0.2) is 11.0 Å². The smallest absolute Gasteiger partial charge is 0.130 e. The van der Waals surface area contributed by atoms with Crippen LogP contribution in [0.15, 0.2) is 11.6 Å². The molecule has 0 N–H and O–H groups in total. The summed E-state index contributed by atoms with van der Waals surface area (Å²) < 4.78 is 0. The molecule has 176 valence electrons. The van der Waals surface area contributed by atoms with Gasteiger partial charge in [-0.15, -0.1) is 0 Å². The highest BCUT2D eigenvalue weighted by molar-refractivity contribution is 7.80. The maximum atomic E-state index is 11.4. The number of rotatable bonds is 7. The van der Waals surface area contributed by atoms with Gasteiger partial charge in [0.05, 0.1) is 0 Å². The molecular formula is C29H48OS. The van der Waals surface area contributed by atoms with Crippen LogP contribution in [0.5, 0.6) is 0 Å². The standard InChI is InChI=1S/C29H48OS/c1-19(17-21(3)30)7-6-8-20(2)25-11-12-26-24-10-9-22-18-23(31)13-15-28(22,4)27(24)14-16-29(25,26)5/h9,19-20,23-27,31H,6-8,10-18H2,1-5H3/t19?,20-,23+,24+,25-,26+,27+,28+,29-/m1/s1. The minimum Gasteiger partial charge on any atom is -0.300 e. The lowest BCUT2D eigenvalue weighted by molar-refractivity contribution is -0.117. The summed E-state index contributed by atoms with van der Waals surface area (Å²) in [7, 11) is 0. The van der Waals surface area contributed by atoms with Crippen LogP contribution in [0.4, 0.5) is 0 Å². The van der Waals surface area contributed by atoms with E-state index in [4.69, 9.17) is 12.6 Å². The summed E-state index contributed by atoms with van der Waals surface area (Å²) in [5.74, 6) is 5.45. The molecule has 0 aromatic heterocycles. The van der Waals surface area contributed by atoms with Gasteiger partial charge in [0.2, 0.25) is 0 Å². The number of thiol groups is 1. The third-order valence-corrected chi connectivity index (χ3v) is 11.3. The van der Waals surface area contributed by atoms with Crippen molar-refractivity contribution >= 4 is 18.4 Å². The van der Waals surface area contributed by atoms with Gasteiger partial charge < -0.3 is 4.79 Å². The predicted molar refractivity (Wildman–Crippen MR) is 135 cm³/mol. The fourth-order valence-corrected chi connectivity index (χ4v) is 9.53. The molecule has 0 saturated heterocycles. The van der Waals surface area contributed by atoms with Crippen LogP contribution < -0.4 is 0 Å². The molecule has 4 aliphatic rings. The van der Waals surface area contributed by atoms with E-state index in [-0.39, 0.29) is 0 Å². The summed E-state index contributed by atoms with van der Waals surface area (Å²) in [6.07, 6.45) is 18.4. The minimum absolute atomic E-state index is 0.352. The number of carbonyl (C=O) groups is 1. The Morgan fingerprint density at radius 2 is 1.87 bits per heavy atom. The van der Waals surface area contributed by atoms with Crippen molar-refractivity contribution in [2.75, 3.05) is 0 Å². The molecule has 2 heteroatoms. The molecule has 4 aliphatic carbocycles. The van der Waals surface area contributed by atoms with Crippen LogP contribution in [0.2, 0.25) is 0 Å². The normalized spacial score (nSPS) is 43.9. The Morgan fingerprint density at radius 3 is 2.61 bits per heavy atom. The third-order valence-electron chi connectivity index (χ3n) is 10.8. The van der Waals surface area contributed by atoms with Crippen LogP contribution in [-0.2, 0) is 4.79 Å². The summed E-state index contributed by atoms with van der Waals surface area (Å²) in [6, 6.07) is 0. The van der Waals surface area contributed by atoms with E-state index >= 15 is 0 Å². The maximum absolute atomic E-state index is 11.4. The van der Waals surface area contributed by atoms with E-state index in [1.165, 1.54) is 70.6 Å². The largest absolute Gasteiger partial charge is 0.300 e. The number of Topliss-reactive ketones (excluding diaryl/α,β-unsaturated/α-hetero) is 1. The molecule has 1 unspecified atom stereocenters. The molecule has 0 aromatic carbocycles. The van der Waals surface area contributed by atoms with Crippen molar-refractivity contribution < 1.29 is 4.79 Å². The molecule has 31 heavy (non-hydrogen) atoms. The van der Waals surface area contributed by atoms with E-state index in [2.05, 4.69) is 33.8 Å². The number of hydrogen-bond acceptors (Lipinski definition) is 2. The van der Waals surface area contributed by atoms with Crippen LogP contribution in [0.1, 0.15) is 112 Å². The quantitative estimate of drug-likeness (QED) is 0.309. The summed E-state index contributed by atoms with van der Waals surface area (Å²) in [5, 5.41) is 0.597. The molecule has 0 heterocycles. The number of hydrogen-bond donors (Lipinski definition) is 1. The van der Waals surface area contributed by atoms with Gasteiger partial charge in [-0.05, 0) is 105 Å². The molecule has 3 saturated carbocycles. The Morgan fingerprint density at radius 1 is 1.10 bits per heavy atom. The van der Waals surface area contributed by atoms with Crippen molar-refractivity contribution in [3.8, 4) is 0 Å². The van der Waals surface area contributed by atoms with Gasteiger partial charge in [0, 0.05) is 11.7 Å². The van der Waals surface area contributed by atoms with E-state index in [0.29, 0.717) is 27.8 Å². The average Bonchev–Trinajstić information content (AvgIpc) is 3.05. The predicted octanol–water partition coefficient (Wildman–Crippen LogP) is 8.29. The second-order valence-electron chi connectivity index (χ2n) is 12.8. The first kappa shape index (κ1) is 23.9. The van der Waals surface area contributed by atoms with Crippen molar-refractivity contribution in [3.63, 3.8) is 0 Å². The number of fused-ring (bicyclic) bond motifs is 5. The van der Waals surface area contributed by atoms with Crippen LogP contribution >= 0.6 is 12.6 Å². The Hall–Kier alpha value is -0.240. The van der Waals surface area contributed by atoms with Crippen LogP contribution in [0, 0.1) is 46.3 Å². The first-order valence-corrected chi connectivity index (χ1v) is 14.0. The van der Waals surface area contributed by atoms with E-state index in [9.17, 15) is 4.79 Å². The SMILES string of the molecule is CC(=O)CC(C)CCC[C@@H](C)[C@H]1CC[C@H]2[C@@H]3CC=C4C[C@@H](S)CC[C@]4(C)[C@H]3CC[C@]12C. The minimum atomic E-state index is 0.352. The highest BCUT2D eigenvalue weighted by Crippen LogP contribution is 2.67. The number of allylic oxidation sites excluding steroid dienone is 2. The molecule has 1 nitrogen and oxygen atoms in total. The Bertz CT molecular complexity index is 697. The average molecular weight is 445 g/mol. The monoisotopic (exact) mass is 444 g/mol. The molecule has 0 bridgehead atoms. The van der Waals surface area contributed by atoms with E-state index in [1.54, 1.807) is 12.5 Å². The highest BCUT2D eigenvalue weighted by Gasteiger charge is 2.58. The lowest BCUT2D eigenvalue weighted by Gasteiger charge is -2.58. The van der Waals surface area contributed by atoms with E-state index < -0.39 is 0 Å². The van der Waals surface area contributed by atoms with Gasteiger partial charge in [-0.1, -0.05) is 58.6 Å². The fourth-order valence-electron chi connectivity index (χ4n) is 9.20. The van der Waals surface area contributed by atoms with Gasteiger partial charge in [-0.2, -0.15) is 12.6 Å². The molecule has 4 rings (SSSR count). The van der Waals surface area contributed by atoms with Crippen molar-refractivity contribution in [2.45, 2.75) is 117 Å². The van der Waals surface area contributed by atoms with Crippen molar-refractivity contribution in [1.29, 1.82) is 0 Å². The zero-order chi connectivity index (χ0) is 22.4. The van der Waals surface area contributed by atoms with Gasteiger partial charge in [-0.25, -0.2) is 0 Å². The zero-order valence-electron chi connectivity index (χ0n) is 21.0. The van der Waals surface area contributed by atoms with Crippen molar-refractivity contribution in [2.24, 2.45) is 46.3 Å². The summed E-state index contributed by atoms with van der Waals surface area (Å²) in [6.45, 7) is 11.9. The van der Waals surface area contributed by atoms with Crippen LogP contribution in [0.3, 0.4) is 0 Å². The van der Waals surface area contributed by atoms with Gasteiger partial charge in [-0.3, -0.25) is 0 Å². The molecule has 3 fully saturated rings. The molecule has 0 spiro atoms. The maximum Gasteiger partial charge on any atom is 0.130 e. The fraction of sp³-hybridized carbons (Fsp3) is 0.897. The summed E-state index contributed by atoms with van der Waals surface area (Å²) >= 11 is 4.84. The molecular weight excluding hydrogens is 396 g/mol. The molecule has 0 aliphatic heterocycles. The first-order chi connectivity index (χ1) is 14.6. The zero-order valence-corrected chi connectivity index (χ0v) is 21.9. The topological polar surface area (TPSA) is 17.1 Å². The third kappa shape index (κ3) is 4.45. The Labute approximate surface area is 198 Å². The van der Waals surface area contributed by atoms with Crippen LogP contribution in [0.25, 0.3) is 0 Å². The summed E-state index contributed by atoms with van der Waals surface area (Å²) in [5.41, 5.74) is 2.81. The number of carbonyl (C=O) groups excluding carboxylic acids is 1. The second-order valence-corrected chi connectivity index (χ2v) is 13.5. The molecule has 0 aromatic rings. The van der Waals surface area contributed by atoms with E-state index in [1.807, 2.05) is 0 Å². The highest BCUT2D eigenvalue weighted by atomic mass is 32.1. The Kier molecular flexibility index (Phi) is 7.08. The molecule has 0 amide bonds. The summed E-state index contributed by atoms with van der Waals surface area (Å²) in [4.78, 5) is 11.4. The van der Waals surface area contributed by atoms with Gasteiger partial charge in [0.15, 0.2) is 0 Å². The molecule has 9 atom stereocenters. The van der Waals surface area contributed by atoms with E-state index in [0.717, 1.165) is 36.0 Å². The first-order valence-electron chi connectivity index (χ1n) is 13.5. The second kappa shape index (κ2) is 9.19. The van der Waals surface area contributed by atoms with Gasteiger partial charge >= 0.3 is 0 Å². The Balaban J connectivity index is 1.41.